The number of phenolic OH excluding ortho intramolecular Hbond substituents is 1. The number of aryl methyl sites for hydroxylation is 3. The van der Waals surface area contributed by atoms with Gasteiger partial charge in [0, 0.05) is 22.5 Å². The van der Waals surface area contributed by atoms with Crippen LogP contribution in [0.4, 0.5) is 11.4 Å². The predicted octanol–water partition coefficient (Wildman–Crippen LogP) is 5.83. The van der Waals surface area contributed by atoms with Gasteiger partial charge in [-0.15, -0.1) is 0 Å². The normalized spacial score (nSPS) is 11.2. The van der Waals surface area contributed by atoms with Gasteiger partial charge in [0.05, 0.1) is 5.69 Å². The first-order valence-electron chi connectivity index (χ1n) is 9.59. The fraction of sp³-hybridized carbons (Fsp3) is 0.208. The summed E-state index contributed by atoms with van der Waals surface area (Å²) in [5.41, 5.74) is 5.06. The Labute approximate surface area is 163 Å². The highest BCUT2D eigenvalue weighted by Gasteiger charge is 2.13. The van der Waals surface area contributed by atoms with Gasteiger partial charge in [-0.3, -0.25) is 0 Å². The van der Waals surface area contributed by atoms with Crippen LogP contribution >= 0.6 is 0 Å². The third-order valence-electron chi connectivity index (χ3n) is 5.31. The second-order valence-electron chi connectivity index (χ2n) is 7.06. The molecule has 28 heavy (non-hydrogen) atoms. The van der Waals surface area contributed by atoms with E-state index in [9.17, 15) is 9.90 Å². The van der Waals surface area contributed by atoms with Crippen LogP contribution in [-0.4, -0.2) is 5.11 Å². The van der Waals surface area contributed by atoms with Crippen LogP contribution in [0.15, 0.2) is 57.7 Å². The van der Waals surface area contributed by atoms with Crippen LogP contribution in [0.25, 0.3) is 21.7 Å². The molecule has 0 bridgehead atoms. The third kappa shape index (κ3) is 3.01. The zero-order valence-electron chi connectivity index (χ0n) is 16.3. The molecule has 1 heterocycles. The monoisotopic (exact) mass is 373 g/mol. The van der Waals surface area contributed by atoms with Crippen LogP contribution in [0.1, 0.15) is 30.5 Å². The Kier molecular flexibility index (Phi) is 4.55. The average molecular weight is 373 g/mol. The molecule has 0 radical (unpaired) electrons. The van der Waals surface area contributed by atoms with Gasteiger partial charge in [0.25, 0.3) is 0 Å². The maximum atomic E-state index is 11.9. The summed E-state index contributed by atoms with van der Waals surface area (Å²) in [5, 5.41) is 16.6. The topological polar surface area (TPSA) is 62.5 Å². The predicted molar refractivity (Wildman–Crippen MR) is 115 cm³/mol. The summed E-state index contributed by atoms with van der Waals surface area (Å²) in [7, 11) is 0. The number of fused-ring (bicyclic) bond motifs is 3. The van der Waals surface area contributed by atoms with E-state index < -0.39 is 0 Å². The quantitative estimate of drug-likeness (QED) is 0.268. The van der Waals surface area contributed by atoms with Crippen molar-refractivity contribution in [2.45, 2.75) is 33.6 Å². The minimum absolute atomic E-state index is 0.162. The zero-order valence-corrected chi connectivity index (χ0v) is 16.3. The first-order chi connectivity index (χ1) is 13.5. The van der Waals surface area contributed by atoms with Crippen LogP contribution in [-0.2, 0) is 12.8 Å². The summed E-state index contributed by atoms with van der Waals surface area (Å²) in [6.07, 6.45) is 1.78. The minimum atomic E-state index is -0.371. The van der Waals surface area contributed by atoms with Crippen LogP contribution in [0.5, 0.6) is 5.75 Å². The van der Waals surface area contributed by atoms with Crippen molar-refractivity contribution in [3.8, 4) is 5.75 Å². The van der Waals surface area contributed by atoms with Crippen molar-refractivity contribution in [1.29, 1.82) is 0 Å². The Balaban J connectivity index is 1.95. The highest BCUT2D eigenvalue weighted by molar-refractivity contribution is 6.07. The van der Waals surface area contributed by atoms with Crippen molar-refractivity contribution in [2.24, 2.45) is 0 Å². The smallest absolute Gasteiger partial charge is 0.336 e. The number of para-hydroxylation sites is 1. The Hall–Kier alpha value is -3.27. The van der Waals surface area contributed by atoms with Gasteiger partial charge >= 0.3 is 5.63 Å². The Morgan fingerprint density at radius 2 is 1.68 bits per heavy atom. The molecule has 0 fully saturated rings. The van der Waals surface area contributed by atoms with Crippen molar-refractivity contribution in [2.75, 3.05) is 5.32 Å². The lowest BCUT2D eigenvalue weighted by Gasteiger charge is -2.17. The van der Waals surface area contributed by atoms with Gasteiger partial charge < -0.3 is 14.8 Å². The Morgan fingerprint density at radius 3 is 2.36 bits per heavy atom. The number of hydrogen-bond donors (Lipinski definition) is 2. The molecule has 0 amide bonds. The van der Waals surface area contributed by atoms with Crippen LogP contribution in [0.3, 0.4) is 0 Å². The van der Waals surface area contributed by atoms with Gasteiger partial charge in [0.2, 0.25) is 0 Å². The molecule has 0 aliphatic heterocycles. The minimum Gasteiger partial charge on any atom is -0.506 e. The van der Waals surface area contributed by atoms with Crippen molar-refractivity contribution in [3.63, 3.8) is 0 Å². The summed E-state index contributed by atoms with van der Waals surface area (Å²) in [5.74, 6) is 0.162. The number of phenols is 1. The summed E-state index contributed by atoms with van der Waals surface area (Å²) < 4.78 is 5.53. The van der Waals surface area contributed by atoms with Gasteiger partial charge in [0.15, 0.2) is 0 Å². The number of nitrogens with one attached hydrogen (secondary N) is 1. The van der Waals surface area contributed by atoms with E-state index in [0.717, 1.165) is 40.3 Å². The molecule has 0 aliphatic carbocycles. The SMILES string of the molecule is CCc1cccc(CC)c1Nc1cc2c(ccc3c(C)cc(=O)oc32)cc1O. The lowest BCUT2D eigenvalue weighted by molar-refractivity contribution is 0.478. The van der Waals surface area contributed by atoms with Gasteiger partial charge in [-0.25, -0.2) is 4.79 Å². The second-order valence-corrected chi connectivity index (χ2v) is 7.06. The summed E-state index contributed by atoms with van der Waals surface area (Å²) >= 11 is 0. The number of rotatable bonds is 4. The van der Waals surface area contributed by atoms with Gasteiger partial charge in [-0.2, -0.15) is 0 Å². The standard InChI is InChI=1S/C24H23NO3/c1-4-15-7-6-8-16(5-2)23(15)25-20-13-19-17(12-21(20)26)9-10-18-14(3)11-22(27)28-24(18)19/h6-13,25-26H,4-5H2,1-3H3. The molecule has 0 unspecified atom stereocenters. The highest BCUT2D eigenvalue weighted by Crippen LogP contribution is 2.37. The molecule has 4 heteroatoms. The van der Waals surface area contributed by atoms with E-state index in [0.29, 0.717) is 11.3 Å². The fourth-order valence-corrected chi connectivity index (χ4v) is 3.78. The molecule has 0 atom stereocenters. The van der Waals surface area contributed by atoms with Gasteiger partial charge in [-0.1, -0.05) is 44.2 Å². The molecule has 142 valence electrons. The summed E-state index contributed by atoms with van der Waals surface area (Å²) in [4.78, 5) is 11.9. The molecule has 4 rings (SSSR count). The number of benzene rings is 3. The molecule has 0 saturated heterocycles. The van der Waals surface area contributed by atoms with E-state index in [4.69, 9.17) is 4.42 Å². The molecule has 0 spiro atoms. The lowest BCUT2D eigenvalue weighted by Crippen LogP contribution is -2.01. The van der Waals surface area contributed by atoms with Crippen LogP contribution in [0.2, 0.25) is 0 Å². The molecule has 1 aromatic heterocycles. The van der Waals surface area contributed by atoms with E-state index in [1.165, 1.54) is 17.2 Å². The zero-order chi connectivity index (χ0) is 19.8. The molecule has 4 aromatic rings. The lowest BCUT2D eigenvalue weighted by atomic mass is 10.0. The third-order valence-corrected chi connectivity index (χ3v) is 5.31. The first-order valence-corrected chi connectivity index (χ1v) is 9.59. The van der Waals surface area contributed by atoms with E-state index in [-0.39, 0.29) is 11.4 Å². The number of anilines is 2. The summed E-state index contributed by atoms with van der Waals surface area (Å²) in [6, 6.07) is 15.2. The van der Waals surface area contributed by atoms with Gasteiger partial charge in [0.1, 0.15) is 11.3 Å². The van der Waals surface area contributed by atoms with Gasteiger partial charge in [-0.05, 0) is 54.0 Å². The largest absolute Gasteiger partial charge is 0.506 e. The number of hydrogen-bond acceptors (Lipinski definition) is 4. The molecular formula is C24H23NO3. The average Bonchev–Trinajstić information content (AvgIpc) is 2.68. The Morgan fingerprint density at radius 1 is 0.964 bits per heavy atom. The Bertz CT molecular complexity index is 1230. The molecule has 0 saturated carbocycles. The van der Waals surface area contributed by atoms with E-state index in [2.05, 4.69) is 37.4 Å². The van der Waals surface area contributed by atoms with E-state index >= 15 is 0 Å². The molecule has 3 aromatic carbocycles. The van der Waals surface area contributed by atoms with Crippen molar-refractivity contribution in [3.05, 3.63) is 75.6 Å². The van der Waals surface area contributed by atoms with Crippen molar-refractivity contribution >= 4 is 33.1 Å². The number of aromatic hydroxyl groups is 1. The van der Waals surface area contributed by atoms with Crippen LogP contribution in [0, 0.1) is 6.92 Å². The van der Waals surface area contributed by atoms with E-state index in [1.54, 1.807) is 6.07 Å². The molecular weight excluding hydrogens is 350 g/mol. The second kappa shape index (κ2) is 7.04. The van der Waals surface area contributed by atoms with Crippen molar-refractivity contribution < 1.29 is 9.52 Å². The summed E-state index contributed by atoms with van der Waals surface area (Å²) in [6.45, 7) is 6.13. The maximum absolute atomic E-state index is 11.9. The van der Waals surface area contributed by atoms with E-state index in [1.807, 2.05) is 25.1 Å². The highest BCUT2D eigenvalue weighted by atomic mass is 16.4. The molecule has 4 nitrogen and oxygen atoms in total. The molecule has 0 aliphatic rings. The molecule has 2 N–H and O–H groups in total. The van der Waals surface area contributed by atoms with Crippen LogP contribution < -0.4 is 10.9 Å². The van der Waals surface area contributed by atoms with Crippen molar-refractivity contribution in [1.82, 2.24) is 0 Å². The maximum Gasteiger partial charge on any atom is 0.336 e. The fourth-order valence-electron chi connectivity index (χ4n) is 3.78. The first kappa shape index (κ1) is 18.1.